The molecule has 2 aliphatic heterocycles. The van der Waals surface area contributed by atoms with Crippen molar-refractivity contribution < 1.29 is 19.1 Å². The third-order valence-electron chi connectivity index (χ3n) is 3.34. The van der Waals surface area contributed by atoms with E-state index in [4.69, 9.17) is 15.2 Å². The lowest BCUT2D eigenvalue weighted by Crippen LogP contribution is -2.29. The summed E-state index contributed by atoms with van der Waals surface area (Å²) in [6.07, 6.45) is 0.911. The van der Waals surface area contributed by atoms with Crippen molar-refractivity contribution >= 4 is 23.6 Å². The Labute approximate surface area is 121 Å². The highest BCUT2D eigenvalue weighted by molar-refractivity contribution is 5.95. The summed E-state index contributed by atoms with van der Waals surface area (Å²) in [4.78, 5) is 28.9. The molecule has 0 radical (unpaired) electrons. The minimum atomic E-state index is -0.437. The fourth-order valence-electron chi connectivity index (χ4n) is 2.31. The number of nitrogens with one attached hydrogen (secondary N) is 1. The molecule has 0 spiro atoms. The number of anilines is 2. The van der Waals surface area contributed by atoms with Crippen LogP contribution in [-0.2, 0) is 9.53 Å². The Hall–Kier alpha value is -2.35. The lowest BCUT2D eigenvalue weighted by Gasteiger charge is -2.19. The third kappa shape index (κ3) is 2.75. The number of rotatable bonds is 4. The van der Waals surface area contributed by atoms with Crippen LogP contribution in [0.15, 0.2) is 12.1 Å². The zero-order chi connectivity index (χ0) is 14.8. The van der Waals surface area contributed by atoms with Crippen LogP contribution >= 0.6 is 0 Å². The molecular weight excluding hydrogens is 276 g/mol. The van der Waals surface area contributed by atoms with E-state index in [0.717, 1.165) is 12.8 Å². The van der Waals surface area contributed by atoms with Gasteiger partial charge in [-0.2, -0.15) is 0 Å². The average Bonchev–Trinajstić information content (AvgIpc) is 2.85. The quantitative estimate of drug-likeness (QED) is 0.835. The molecule has 1 fully saturated rings. The Kier molecular flexibility index (Phi) is 3.61. The second-order valence-corrected chi connectivity index (χ2v) is 4.90. The standard InChI is InChI=1S/C13H16N4O4/c14-5-1-2-8-6-17(13(19)21-8)10-4-3-9-12(15-10)16-11(18)7-20-9/h3-4,8H,1-2,5-7,14H2,(H,15,16,18)/t8-/m0/s1. The Morgan fingerprint density at radius 3 is 3.10 bits per heavy atom. The van der Waals surface area contributed by atoms with Gasteiger partial charge in [0.25, 0.3) is 5.91 Å². The number of aromatic nitrogens is 1. The van der Waals surface area contributed by atoms with E-state index in [0.29, 0.717) is 30.5 Å². The third-order valence-corrected chi connectivity index (χ3v) is 3.34. The first-order valence-electron chi connectivity index (χ1n) is 6.79. The zero-order valence-corrected chi connectivity index (χ0v) is 11.4. The SMILES string of the molecule is NCCC[C@H]1CN(c2ccc3c(n2)NC(=O)CO3)C(=O)O1. The van der Waals surface area contributed by atoms with Crippen molar-refractivity contribution in [1.82, 2.24) is 4.98 Å². The Morgan fingerprint density at radius 1 is 1.43 bits per heavy atom. The molecule has 8 heteroatoms. The van der Waals surface area contributed by atoms with E-state index in [1.165, 1.54) is 4.90 Å². The lowest BCUT2D eigenvalue weighted by atomic mass is 10.2. The molecule has 3 N–H and O–H groups in total. The predicted octanol–water partition coefficient (Wildman–Crippen LogP) is 0.477. The second kappa shape index (κ2) is 5.57. The monoisotopic (exact) mass is 292 g/mol. The van der Waals surface area contributed by atoms with Crippen LogP contribution in [0, 0.1) is 0 Å². The van der Waals surface area contributed by atoms with Gasteiger partial charge in [0, 0.05) is 0 Å². The fourth-order valence-corrected chi connectivity index (χ4v) is 2.31. The number of ether oxygens (including phenoxy) is 2. The maximum absolute atomic E-state index is 11.9. The van der Waals surface area contributed by atoms with Crippen molar-refractivity contribution in [2.45, 2.75) is 18.9 Å². The van der Waals surface area contributed by atoms with Crippen molar-refractivity contribution in [3.05, 3.63) is 12.1 Å². The summed E-state index contributed by atoms with van der Waals surface area (Å²) in [5.74, 6) is 0.976. The van der Waals surface area contributed by atoms with Gasteiger partial charge in [-0.1, -0.05) is 0 Å². The van der Waals surface area contributed by atoms with Gasteiger partial charge in [0.15, 0.2) is 18.2 Å². The van der Waals surface area contributed by atoms with Gasteiger partial charge in [-0.25, -0.2) is 9.78 Å². The van der Waals surface area contributed by atoms with Crippen LogP contribution in [0.2, 0.25) is 0 Å². The van der Waals surface area contributed by atoms with Crippen LogP contribution < -0.4 is 20.7 Å². The van der Waals surface area contributed by atoms with Gasteiger partial charge in [-0.05, 0) is 31.5 Å². The van der Waals surface area contributed by atoms with E-state index in [1.807, 2.05) is 0 Å². The average molecular weight is 292 g/mol. The summed E-state index contributed by atoms with van der Waals surface area (Å²) < 4.78 is 10.5. The van der Waals surface area contributed by atoms with Crippen molar-refractivity contribution in [3.8, 4) is 5.75 Å². The Bertz CT molecular complexity index is 577. The van der Waals surface area contributed by atoms with E-state index in [2.05, 4.69) is 10.3 Å². The first kappa shape index (κ1) is 13.6. The largest absolute Gasteiger partial charge is 0.480 e. The number of nitrogens with two attached hydrogens (primary N) is 1. The molecule has 3 heterocycles. The van der Waals surface area contributed by atoms with Crippen LogP contribution in [-0.4, -0.2) is 42.8 Å². The molecule has 0 unspecified atom stereocenters. The van der Waals surface area contributed by atoms with Crippen LogP contribution in [0.1, 0.15) is 12.8 Å². The number of amides is 2. The molecule has 0 aliphatic carbocycles. The molecule has 0 bridgehead atoms. The fraction of sp³-hybridized carbons (Fsp3) is 0.462. The molecule has 2 aliphatic rings. The number of hydrogen-bond acceptors (Lipinski definition) is 6. The van der Waals surface area contributed by atoms with Crippen molar-refractivity contribution in [1.29, 1.82) is 0 Å². The number of nitrogens with zero attached hydrogens (tertiary/aromatic N) is 2. The van der Waals surface area contributed by atoms with Crippen LogP contribution in [0.25, 0.3) is 0 Å². The maximum Gasteiger partial charge on any atom is 0.415 e. The molecule has 2 amide bonds. The number of fused-ring (bicyclic) bond motifs is 1. The number of hydrogen-bond donors (Lipinski definition) is 2. The van der Waals surface area contributed by atoms with Gasteiger partial charge in [0.1, 0.15) is 11.9 Å². The molecule has 8 nitrogen and oxygen atoms in total. The Balaban J connectivity index is 1.76. The molecule has 1 aromatic rings. The number of carbonyl (C=O) groups is 2. The van der Waals surface area contributed by atoms with Gasteiger partial charge < -0.3 is 20.5 Å². The number of carbonyl (C=O) groups excluding carboxylic acids is 2. The molecule has 21 heavy (non-hydrogen) atoms. The van der Waals surface area contributed by atoms with Crippen LogP contribution in [0.3, 0.4) is 0 Å². The van der Waals surface area contributed by atoms with Gasteiger partial charge >= 0.3 is 6.09 Å². The van der Waals surface area contributed by atoms with Gasteiger partial charge in [-0.15, -0.1) is 0 Å². The smallest absolute Gasteiger partial charge is 0.415 e. The first-order chi connectivity index (χ1) is 10.2. The summed E-state index contributed by atoms with van der Waals surface area (Å²) in [6, 6.07) is 3.35. The molecule has 0 saturated carbocycles. The van der Waals surface area contributed by atoms with E-state index in [1.54, 1.807) is 12.1 Å². The van der Waals surface area contributed by atoms with E-state index < -0.39 is 6.09 Å². The molecule has 1 aromatic heterocycles. The van der Waals surface area contributed by atoms with Gasteiger partial charge in [0.05, 0.1) is 6.54 Å². The van der Waals surface area contributed by atoms with Crippen LogP contribution in [0.5, 0.6) is 5.75 Å². The van der Waals surface area contributed by atoms with E-state index in [9.17, 15) is 9.59 Å². The topological polar surface area (TPSA) is 107 Å². The Morgan fingerprint density at radius 2 is 2.29 bits per heavy atom. The summed E-state index contributed by atoms with van der Waals surface area (Å²) in [5, 5.41) is 2.61. The van der Waals surface area contributed by atoms with Gasteiger partial charge in [0.2, 0.25) is 0 Å². The molecule has 0 aromatic carbocycles. The number of pyridine rings is 1. The molecule has 3 rings (SSSR count). The highest BCUT2D eigenvalue weighted by Crippen LogP contribution is 2.30. The normalized spacial score (nSPS) is 20.6. The summed E-state index contributed by atoms with van der Waals surface area (Å²) in [5.41, 5.74) is 5.46. The molecule has 112 valence electrons. The first-order valence-corrected chi connectivity index (χ1v) is 6.79. The molecule has 1 saturated heterocycles. The van der Waals surface area contributed by atoms with E-state index >= 15 is 0 Å². The van der Waals surface area contributed by atoms with Crippen molar-refractivity contribution in [3.63, 3.8) is 0 Å². The highest BCUT2D eigenvalue weighted by atomic mass is 16.6. The minimum absolute atomic E-state index is 0.0268. The second-order valence-electron chi connectivity index (χ2n) is 4.90. The lowest BCUT2D eigenvalue weighted by molar-refractivity contribution is -0.118. The predicted molar refractivity (Wildman–Crippen MR) is 74.3 cm³/mol. The molecular formula is C13H16N4O4. The van der Waals surface area contributed by atoms with Crippen molar-refractivity contribution in [2.75, 3.05) is 29.9 Å². The van der Waals surface area contributed by atoms with Crippen LogP contribution in [0.4, 0.5) is 16.4 Å². The molecule has 1 atom stereocenters. The maximum atomic E-state index is 11.9. The minimum Gasteiger partial charge on any atom is -0.480 e. The van der Waals surface area contributed by atoms with Crippen molar-refractivity contribution in [2.24, 2.45) is 5.73 Å². The van der Waals surface area contributed by atoms with E-state index in [-0.39, 0.29) is 18.6 Å². The van der Waals surface area contributed by atoms with Gasteiger partial charge in [-0.3, -0.25) is 9.69 Å². The summed E-state index contributed by atoms with van der Waals surface area (Å²) in [6.45, 7) is 0.967. The summed E-state index contributed by atoms with van der Waals surface area (Å²) >= 11 is 0. The summed E-state index contributed by atoms with van der Waals surface area (Å²) in [7, 11) is 0. The highest BCUT2D eigenvalue weighted by Gasteiger charge is 2.33. The zero-order valence-electron chi connectivity index (χ0n) is 11.4. The number of cyclic esters (lactones) is 1.